The summed E-state index contributed by atoms with van der Waals surface area (Å²) < 4.78 is 5.55. The Labute approximate surface area is 192 Å². The summed E-state index contributed by atoms with van der Waals surface area (Å²) in [6, 6.07) is 14.9. The Morgan fingerprint density at radius 2 is 1.61 bits per heavy atom. The normalized spacial score (nSPS) is 16.3. The number of benzene rings is 2. The highest BCUT2D eigenvalue weighted by atomic mass is 16.5. The highest BCUT2D eigenvalue weighted by Gasteiger charge is 2.34. The van der Waals surface area contributed by atoms with Gasteiger partial charge < -0.3 is 25.6 Å². The van der Waals surface area contributed by atoms with Crippen molar-refractivity contribution in [3.63, 3.8) is 0 Å². The Morgan fingerprint density at radius 3 is 2.15 bits per heavy atom. The largest absolute Gasteiger partial charge is 0.480 e. The molecule has 4 N–H and O–H groups in total. The first-order chi connectivity index (χ1) is 16.0. The number of amides is 2. The van der Waals surface area contributed by atoms with Crippen LogP contribution in [0.5, 0.6) is 0 Å². The lowest BCUT2D eigenvalue weighted by Crippen LogP contribution is -2.44. The van der Waals surface area contributed by atoms with E-state index in [1.165, 1.54) is 0 Å². The number of carboxylic acids is 1. The fourth-order valence-electron chi connectivity index (χ4n) is 4.51. The van der Waals surface area contributed by atoms with Gasteiger partial charge in [0, 0.05) is 18.9 Å². The summed E-state index contributed by atoms with van der Waals surface area (Å²) in [7, 11) is 0. The Bertz CT molecular complexity index is 990. The van der Waals surface area contributed by atoms with Gasteiger partial charge in [-0.3, -0.25) is 4.79 Å². The van der Waals surface area contributed by atoms with E-state index in [4.69, 9.17) is 14.9 Å². The zero-order valence-corrected chi connectivity index (χ0v) is 18.2. The van der Waals surface area contributed by atoms with Crippen LogP contribution in [0, 0.1) is 11.8 Å². The molecule has 0 radical (unpaired) electrons. The molecule has 1 saturated carbocycles. The summed E-state index contributed by atoms with van der Waals surface area (Å²) in [4.78, 5) is 35.6. The number of alkyl carbamates (subject to hydrolysis) is 1. The van der Waals surface area contributed by atoms with Crippen LogP contribution in [0.15, 0.2) is 48.5 Å². The molecule has 2 amide bonds. The van der Waals surface area contributed by atoms with Crippen molar-refractivity contribution < 1.29 is 29.3 Å². The number of hydrogen-bond donors (Lipinski definition) is 4. The first-order valence-corrected chi connectivity index (χ1v) is 11.2. The molecule has 0 saturated heterocycles. The fourth-order valence-corrected chi connectivity index (χ4v) is 4.51. The van der Waals surface area contributed by atoms with Crippen molar-refractivity contribution in [1.82, 2.24) is 10.6 Å². The molecule has 2 atom stereocenters. The van der Waals surface area contributed by atoms with Crippen LogP contribution in [0.1, 0.15) is 36.3 Å². The molecule has 2 aromatic carbocycles. The second-order valence-corrected chi connectivity index (χ2v) is 8.65. The summed E-state index contributed by atoms with van der Waals surface area (Å²) in [6.07, 6.45) is 1.47. The SMILES string of the molecule is O=C(CC(CNC(=O)OCC1c2ccccc2-c2ccccc21)C1CC1)N[C@@H](CO)C(=O)O. The molecule has 2 aliphatic carbocycles. The second kappa shape index (κ2) is 10.0. The number of aliphatic hydroxyl groups is 1. The lowest BCUT2D eigenvalue weighted by molar-refractivity contribution is -0.143. The van der Waals surface area contributed by atoms with Crippen molar-refractivity contribution in [2.45, 2.75) is 31.2 Å². The summed E-state index contributed by atoms with van der Waals surface area (Å²) in [5.74, 6) is -1.58. The van der Waals surface area contributed by atoms with Crippen molar-refractivity contribution in [1.29, 1.82) is 0 Å². The van der Waals surface area contributed by atoms with Crippen molar-refractivity contribution >= 4 is 18.0 Å². The topological polar surface area (TPSA) is 125 Å². The van der Waals surface area contributed by atoms with Gasteiger partial charge in [-0.05, 0) is 46.9 Å². The maximum Gasteiger partial charge on any atom is 0.407 e. The van der Waals surface area contributed by atoms with E-state index < -0.39 is 30.6 Å². The number of carbonyl (C=O) groups excluding carboxylic acids is 2. The molecule has 1 unspecified atom stereocenters. The highest BCUT2D eigenvalue weighted by molar-refractivity contribution is 5.84. The van der Waals surface area contributed by atoms with Gasteiger partial charge in [-0.25, -0.2) is 9.59 Å². The van der Waals surface area contributed by atoms with Crippen molar-refractivity contribution in [3.8, 4) is 11.1 Å². The van der Waals surface area contributed by atoms with E-state index in [1.807, 2.05) is 24.3 Å². The van der Waals surface area contributed by atoms with Crippen LogP contribution in [0.3, 0.4) is 0 Å². The third-order valence-electron chi connectivity index (χ3n) is 6.40. The van der Waals surface area contributed by atoms with Gasteiger partial charge in [-0.2, -0.15) is 0 Å². The monoisotopic (exact) mass is 452 g/mol. The number of fused-ring (bicyclic) bond motifs is 3. The molecular weight excluding hydrogens is 424 g/mol. The van der Waals surface area contributed by atoms with Crippen LogP contribution in [-0.2, 0) is 14.3 Å². The van der Waals surface area contributed by atoms with E-state index in [-0.39, 0.29) is 31.4 Å². The molecule has 2 aromatic rings. The Kier molecular flexibility index (Phi) is 6.93. The van der Waals surface area contributed by atoms with E-state index in [2.05, 4.69) is 34.9 Å². The molecule has 4 rings (SSSR count). The van der Waals surface area contributed by atoms with Crippen LogP contribution in [0.2, 0.25) is 0 Å². The van der Waals surface area contributed by atoms with Crippen molar-refractivity contribution in [3.05, 3.63) is 59.7 Å². The second-order valence-electron chi connectivity index (χ2n) is 8.65. The summed E-state index contributed by atoms with van der Waals surface area (Å²) in [5.41, 5.74) is 4.58. The third kappa shape index (κ3) is 5.34. The predicted molar refractivity (Wildman–Crippen MR) is 121 cm³/mol. The van der Waals surface area contributed by atoms with Crippen LogP contribution in [0.4, 0.5) is 4.79 Å². The number of aliphatic carboxylic acids is 1. The van der Waals surface area contributed by atoms with Crippen LogP contribution >= 0.6 is 0 Å². The quantitative estimate of drug-likeness (QED) is 0.439. The molecule has 8 nitrogen and oxygen atoms in total. The molecule has 33 heavy (non-hydrogen) atoms. The van der Waals surface area contributed by atoms with Gasteiger partial charge in [0.1, 0.15) is 12.6 Å². The number of rotatable bonds is 10. The van der Waals surface area contributed by atoms with E-state index in [9.17, 15) is 14.4 Å². The first-order valence-electron chi connectivity index (χ1n) is 11.2. The molecule has 0 bridgehead atoms. The van der Waals surface area contributed by atoms with Crippen LogP contribution in [0.25, 0.3) is 11.1 Å². The van der Waals surface area contributed by atoms with E-state index >= 15 is 0 Å². The zero-order valence-electron chi connectivity index (χ0n) is 18.2. The molecule has 174 valence electrons. The number of carbonyl (C=O) groups is 3. The highest BCUT2D eigenvalue weighted by Crippen LogP contribution is 2.44. The van der Waals surface area contributed by atoms with E-state index in [0.29, 0.717) is 5.92 Å². The van der Waals surface area contributed by atoms with Gasteiger partial charge in [0.15, 0.2) is 0 Å². The Morgan fingerprint density at radius 1 is 1.00 bits per heavy atom. The molecule has 0 aromatic heterocycles. The van der Waals surface area contributed by atoms with Crippen LogP contribution < -0.4 is 10.6 Å². The smallest absolute Gasteiger partial charge is 0.407 e. The number of aliphatic hydroxyl groups excluding tert-OH is 1. The maximum absolute atomic E-state index is 12.4. The zero-order chi connectivity index (χ0) is 23.4. The Hall–Kier alpha value is -3.39. The lowest BCUT2D eigenvalue weighted by atomic mass is 9.98. The Balaban J connectivity index is 1.30. The minimum absolute atomic E-state index is 0.0282. The number of hydrogen-bond acceptors (Lipinski definition) is 5. The van der Waals surface area contributed by atoms with Gasteiger partial charge >= 0.3 is 12.1 Å². The molecule has 0 spiro atoms. The molecule has 0 aliphatic heterocycles. The molecule has 8 heteroatoms. The number of carboxylic acid groups (broad SMARTS) is 1. The first kappa shape index (κ1) is 22.8. The van der Waals surface area contributed by atoms with E-state index in [1.54, 1.807) is 0 Å². The van der Waals surface area contributed by atoms with Gasteiger partial charge in [-0.15, -0.1) is 0 Å². The average molecular weight is 453 g/mol. The fraction of sp³-hybridized carbons (Fsp3) is 0.400. The third-order valence-corrected chi connectivity index (χ3v) is 6.40. The molecular formula is C25H28N2O6. The van der Waals surface area contributed by atoms with Crippen LogP contribution in [-0.4, -0.2) is 54.0 Å². The minimum Gasteiger partial charge on any atom is -0.480 e. The number of nitrogens with one attached hydrogen (secondary N) is 2. The lowest BCUT2D eigenvalue weighted by Gasteiger charge is -2.19. The molecule has 0 heterocycles. The van der Waals surface area contributed by atoms with Gasteiger partial charge in [0.25, 0.3) is 0 Å². The maximum atomic E-state index is 12.4. The molecule has 1 fully saturated rings. The van der Waals surface area contributed by atoms with Crippen molar-refractivity contribution in [2.24, 2.45) is 11.8 Å². The predicted octanol–water partition coefficient (Wildman–Crippen LogP) is 2.50. The van der Waals surface area contributed by atoms with Gasteiger partial charge in [0.2, 0.25) is 5.91 Å². The van der Waals surface area contributed by atoms with Gasteiger partial charge in [0.05, 0.1) is 6.61 Å². The summed E-state index contributed by atoms with van der Waals surface area (Å²) in [5, 5.41) is 23.1. The van der Waals surface area contributed by atoms with Crippen molar-refractivity contribution in [2.75, 3.05) is 19.8 Å². The molecule has 2 aliphatic rings. The number of ether oxygens (including phenoxy) is 1. The van der Waals surface area contributed by atoms with E-state index in [0.717, 1.165) is 35.1 Å². The summed E-state index contributed by atoms with van der Waals surface area (Å²) >= 11 is 0. The van der Waals surface area contributed by atoms with Gasteiger partial charge in [-0.1, -0.05) is 48.5 Å². The minimum atomic E-state index is -1.33. The standard InChI is InChI=1S/C25H28N2O6/c28-13-22(24(30)31)27-23(29)11-16(15-9-10-15)12-26-25(32)33-14-21-19-7-3-1-5-17(19)18-6-2-4-8-20(18)21/h1-8,15-16,21-22,28H,9-14H2,(H,26,32)(H,27,29)(H,30,31)/t16?,22-/m0/s1. The summed E-state index contributed by atoms with van der Waals surface area (Å²) in [6.45, 7) is -0.190. The average Bonchev–Trinajstić information content (AvgIpc) is 3.61.